The molecule has 0 radical (unpaired) electrons. The Kier molecular flexibility index (Phi) is 3.49. The van der Waals surface area contributed by atoms with E-state index in [2.05, 4.69) is 5.32 Å². The summed E-state index contributed by atoms with van der Waals surface area (Å²) in [5, 5.41) is 2.72. The number of methoxy groups -OCH3 is 1. The lowest BCUT2D eigenvalue weighted by molar-refractivity contribution is -0.124. The fourth-order valence-corrected chi connectivity index (χ4v) is 1.53. The lowest BCUT2D eigenvalue weighted by Gasteiger charge is -2.27. The normalized spacial score (nSPS) is 14.2. The van der Waals surface area contributed by atoms with Crippen molar-refractivity contribution in [3.63, 3.8) is 0 Å². The number of hydrogen-bond acceptors (Lipinski definition) is 3. The molecular formula is C11H15FN2O2. The highest BCUT2D eigenvalue weighted by Crippen LogP contribution is 2.31. The number of benzene rings is 1. The minimum absolute atomic E-state index is 0.118. The second-order valence-corrected chi connectivity index (χ2v) is 3.56. The molecule has 1 unspecified atom stereocenters. The molecule has 5 heteroatoms. The van der Waals surface area contributed by atoms with Crippen molar-refractivity contribution in [3.05, 3.63) is 29.6 Å². The van der Waals surface area contributed by atoms with E-state index in [9.17, 15) is 9.18 Å². The van der Waals surface area contributed by atoms with E-state index in [-0.39, 0.29) is 11.3 Å². The van der Waals surface area contributed by atoms with Crippen LogP contribution in [0.4, 0.5) is 4.39 Å². The van der Waals surface area contributed by atoms with Crippen molar-refractivity contribution in [1.29, 1.82) is 0 Å². The van der Waals surface area contributed by atoms with Crippen LogP contribution in [-0.4, -0.2) is 20.1 Å². The summed E-state index contributed by atoms with van der Waals surface area (Å²) in [6.45, 7) is 1.51. The first-order chi connectivity index (χ1) is 7.47. The van der Waals surface area contributed by atoms with Crippen molar-refractivity contribution < 1.29 is 13.9 Å². The summed E-state index contributed by atoms with van der Waals surface area (Å²) >= 11 is 0. The number of nitrogens with one attached hydrogen (secondary N) is 1. The van der Waals surface area contributed by atoms with Crippen molar-refractivity contribution in [2.75, 3.05) is 14.2 Å². The van der Waals surface area contributed by atoms with Gasteiger partial charge in [-0.3, -0.25) is 4.79 Å². The predicted molar refractivity (Wildman–Crippen MR) is 58.6 cm³/mol. The monoisotopic (exact) mass is 226 g/mol. The van der Waals surface area contributed by atoms with Gasteiger partial charge in [0.25, 0.3) is 0 Å². The Hall–Kier alpha value is -1.62. The summed E-state index contributed by atoms with van der Waals surface area (Å²) in [6, 6.07) is 4.35. The maximum Gasteiger partial charge on any atom is 0.242 e. The average Bonchev–Trinajstić information content (AvgIpc) is 2.27. The van der Waals surface area contributed by atoms with Gasteiger partial charge in [-0.15, -0.1) is 0 Å². The predicted octanol–water partition coefficient (Wildman–Crippen LogP) is 0.754. The molecule has 4 nitrogen and oxygen atoms in total. The largest absolute Gasteiger partial charge is 0.496 e. The molecule has 1 aromatic rings. The van der Waals surface area contributed by atoms with E-state index in [1.165, 1.54) is 33.2 Å². The van der Waals surface area contributed by atoms with Crippen LogP contribution in [-0.2, 0) is 10.3 Å². The highest BCUT2D eigenvalue weighted by molar-refractivity contribution is 5.86. The zero-order valence-electron chi connectivity index (χ0n) is 9.50. The van der Waals surface area contributed by atoms with Crippen LogP contribution in [0.3, 0.4) is 0 Å². The van der Waals surface area contributed by atoms with Crippen LogP contribution in [0.1, 0.15) is 12.5 Å². The molecule has 0 spiro atoms. The molecule has 0 aliphatic carbocycles. The second-order valence-electron chi connectivity index (χ2n) is 3.56. The van der Waals surface area contributed by atoms with E-state index in [1.54, 1.807) is 6.07 Å². The second kappa shape index (κ2) is 4.49. The van der Waals surface area contributed by atoms with E-state index in [0.29, 0.717) is 0 Å². The summed E-state index contributed by atoms with van der Waals surface area (Å²) in [5.41, 5.74) is 4.11. The summed E-state index contributed by atoms with van der Waals surface area (Å²) in [5.74, 6) is -0.913. The molecule has 0 saturated heterocycles. The van der Waals surface area contributed by atoms with Gasteiger partial charge in [-0.25, -0.2) is 4.39 Å². The number of halogens is 1. The van der Waals surface area contributed by atoms with Gasteiger partial charge in [0.2, 0.25) is 5.91 Å². The van der Waals surface area contributed by atoms with Crippen LogP contribution in [0.2, 0.25) is 0 Å². The Labute approximate surface area is 93.6 Å². The molecule has 0 bridgehead atoms. The molecule has 3 N–H and O–H groups in total. The van der Waals surface area contributed by atoms with Gasteiger partial charge in [-0.1, -0.05) is 6.07 Å². The molecule has 1 rings (SSSR count). The Bertz CT molecular complexity index is 409. The highest BCUT2D eigenvalue weighted by atomic mass is 19.1. The number of rotatable bonds is 4. The molecule has 1 aromatic carbocycles. The molecule has 1 atom stereocenters. The SMILES string of the molecule is CNC(C)(C(N)=O)c1c(F)cccc1OC. The number of primary amides is 1. The third-order valence-corrected chi connectivity index (χ3v) is 2.69. The molecule has 0 aliphatic heterocycles. The van der Waals surface area contributed by atoms with Gasteiger partial charge in [0.1, 0.15) is 17.1 Å². The Morgan fingerprint density at radius 1 is 1.56 bits per heavy atom. The van der Waals surface area contributed by atoms with Gasteiger partial charge in [-0.2, -0.15) is 0 Å². The van der Waals surface area contributed by atoms with Gasteiger partial charge in [0.05, 0.1) is 12.7 Å². The Morgan fingerprint density at radius 3 is 2.62 bits per heavy atom. The summed E-state index contributed by atoms with van der Waals surface area (Å²) in [7, 11) is 2.95. The molecule has 1 amide bonds. The van der Waals surface area contributed by atoms with Crippen LogP contribution in [0, 0.1) is 5.82 Å². The summed E-state index contributed by atoms with van der Waals surface area (Å²) in [4.78, 5) is 11.4. The van der Waals surface area contributed by atoms with E-state index in [0.717, 1.165) is 0 Å². The van der Waals surface area contributed by atoms with Crippen molar-refractivity contribution in [3.8, 4) is 5.75 Å². The van der Waals surface area contributed by atoms with Gasteiger partial charge in [-0.05, 0) is 26.1 Å². The molecule has 16 heavy (non-hydrogen) atoms. The first-order valence-electron chi connectivity index (χ1n) is 4.79. The molecule has 0 aliphatic rings. The van der Waals surface area contributed by atoms with Gasteiger partial charge < -0.3 is 15.8 Å². The quantitative estimate of drug-likeness (QED) is 0.796. The Balaban J connectivity index is 3.45. The molecule has 0 fully saturated rings. The lowest BCUT2D eigenvalue weighted by atomic mass is 9.90. The fourth-order valence-electron chi connectivity index (χ4n) is 1.53. The molecular weight excluding hydrogens is 211 g/mol. The molecule has 0 heterocycles. The maximum absolute atomic E-state index is 13.8. The zero-order chi connectivity index (χ0) is 12.3. The standard InChI is InChI=1S/C11H15FN2O2/c1-11(14-2,10(13)15)9-7(12)5-4-6-8(9)16-3/h4-6,14H,1-3H3,(H2,13,15). The third-order valence-electron chi connectivity index (χ3n) is 2.69. The Morgan fingerprint density at radius 2 is 2.19 bits per heavy atom. The lowest BCUT2D eigenvalue weighted by Crippen LogP contribution is -2.49. The van der Waals surface area contributed by atoms with Crippen LogP contribution in [0.5, 0.6) is 5.75 Å². The number of carbonyl (C=O) groups excluding carboxylic acids is 1. The first-order valence-corrected chi connectivity index (χ1v) is 4.79. The molecule has 0 aromatic heterocycles. The summed E-state index contributed by atoms with van der Waals surface area (Å²) in [6.07, 6.45) is 0. The van der Waals surface area contributed by atoms with Crippen molar-refractivity contribution >= 4 is 5.91 Å². The van der Waals surface area contributed by atoms with Crippen LogP contribution in [0.15, 0.2) is 18.2 Å². The number of amides is 1. The minimum atomic E-state index is -1.29. The van der Waals surface area contributed by atoms with Crippen molar-refractivity contribution in [2.45, 2.75) is 12.5 Å². The fraction of sp³-hybridized carbons (Fsp3) is 0.364. The summed E-state index contributed by atoms with van der Waals surface area (Å²) < 4.78 is 18.8. The molecule has 88 valence electrons. The van der Waals surface area contributed by atoms with Crippen LogP contribution < -0.4 is 15.8 Å². The van der Waals surface area contributed by atoms with E-state index < -0.39 is 17.3 Å². The average molecular weight is 226 g/mol. The highest BCUT2D eigenvalue weighted by Gasteiger charge is 2.36. The van der Waals surface area contributed by atoms with Crippen LogP contribution in [0.25, 0.3) is 0 Å². The van der Waals surface area contributed by atoms with Gasteiger partial charge in [0.15, 0.2) is 0 Å². The van der Waals surface area contributed by atoms with Crippen LogP contribution >= 0.6 is 0 Å². The maximum atomic E-state index is 13.8. The number of hydrogen-bond donors (Lipinski definition) is 2. The van der Waals surface area contributed by atoms with E-state index >= 15 is 0 Å². The van der Waals surface area contributed by atoms with E-state index in [1.807, 2.05) is 0 Å². The minimum Gasteiger partial charge on any atom is -0.496 e. The van der Waals surface area contributed by atoms with Crippen molar-refractivity contribution in [1.82, 2.24) is 5.32 Å². The van der Waals surface area contributed by atoms with Gasteiger partial charge >= 0.3 is 0 Å². The number of carbonyl (C=O) groups is 1. The molecule has 0 saturated carbocycles. The third kappa shape index (κ3) is 1.86. The zero-order valence-corrected chi connectivity index (χ0v) is 9.50. The number of likely N-dealkylation sites (N-methyl/N-ethyl adjacent to an activating group) is 1. The number of ether oxygens (including phenoxy) is 1. The number of nitrogens with two attached hydrogens (primary N) is 1. The topological polar surface area (TPSA) is 64.3 Å². The smallest absolute Gasteiger partial charge is 0.242 e. The van der Waals surface area contributed by atoms with Crippen molar-refractivity contribution in [2.24, 2.45) is 5.73 Å². The van der Waals surface area contributed by atoms with Gasteiger partial charge in [0, 0.05) is 0 Å². The van der Waals surface area contributed by atoms with E-state index in [4.69, 9.17) is 10.5 Å². The first kappa shape index (κ1) is 12.4.